The lowest BCUT2D eigenvalue weighted by molar-refractivity contribution is -0.165. The molecule has 0 bridgehead atoms. The zero-order valence-corrected chi connectivity index (χ0v) is 18.6. The highest BCUT2D eigenvalue weighted by Gasteiger charge is 2.52. The molecule has 0 unspecified atom stereocenters. The third kappa shape index (κ3) is 3.17. The van der Waals surface area contributed by atoms with Crippen molar-refractivity contribution in [3.8, 4) is 11.5 Å². The number of likely N-dealkylation sites (tertiary alicyclic amines) is 1. The summed E-state index contributed by atoms with van der Waals surface area (Å²) in [6.07, 6.45) is 3.74. The van der Waals surface area contributed by atoms with Gasteiger partial charge in [-0.1, -0.05) is 29.8 Å². The molecule has 162 valence electrons. The number of aryl methyl sites for hydroxylation is 2. The van der Waals surface area contributed by atoms with Crippen molar-refractivity contribution >= 4 is 11.6 Å². The highest BCUT2D eigenvalue weighted by Crippen LogP contribution is 2.51. The van der Waals surface area contributed by atoms with Crippen LogP contribution in [0.4, 0.5) is 0 Å². The van der Waals surface area contributed by atoms with Crippen molar-refractivity contribution in [1.29, 1.82) is 0 Å². The van der Waals surface area contributed by atoms with Gasteiger partial charge in [0.25, 0.3) is 0 Å². The monoisotopic (exact) mass is 419 g/mol. The number of fused-ring (bicyclic) bond motifs is 4. The Labute approximate surface area is 183 Å². The number of benzene rings is 2. The van der Waals surface area contributed by atoms with Gasteiger partial charge in [0.1, 0.15) is 0 Å². The predicted molar refractivity (Wildman–Crippen MR) is 119 cm³/mol. The van der Waals surface area contributed by atoms with E-state index in [4.69, 9.17) is 9.47 Å². The van der Waals surface area contributed by atoms with E-state index in [1.54, 1.807) is 14.0 Å². The molecule has 1 spiro atoms. The van der Waals surface area contributed by atoms with Crippen LogP contribution in [0.15, 0.2) is 42.5 Å². The number of nitrogens with zero attached hydrogens (tertiary/aromatic N) is 2. The SMILES string of the molecule is COc1cccc2c1OC1(CCN(C(C)=O)CC1)N1NC(c3cc(C)ccc3C)=C[C@H]21. The van der Waals surface area contributed by atoms with Crippen LogP contribution in [0.5, 0.6) is 11.5 Å². The lowest BCUT2D eigenvalue weighted by Gasteiger charge is -2.51. The number of hydrogen-bond acceptors (Lipinski definition) is 5. The van der Waals surface area contributed by atoms with E-state index >= 15 is 0 Å². The molecule has 0 aromatic heterocycles. The Morgan fingerprint density at radius 1 is 1.19 bits per heavy atom. The fourth-order valence-electron chi connectivity index (χ4n) is 5.02. The number of para-hydroxylation sites is 1. The summed E-state index contributed by atoms with van der Waals surface area (Å²) in [5.41, 5.74) is 8.99. The molecule has 6 heteroatoms. The summed E-state index contributed by atoms with van der Waals surface area (Å²) in [7, 11) is 1.68. The molecule has 2 aromatic rings. The van der Waals surface area contributed by atoms with Crippen LogP contribution in [-0.4, -0.2) is 41.7 Å². The first-order valence-corrected chi connectivity index (χ1v) is 10.9. The van der Waals surface area contributed by atoms with Crippen molar-refractivity contribution in [3.63, 3.8) is 0 Å². The Hall–Kier alpha value is -2.99. The Morgan fingerprint density at radius 2 is 1.97 bits per heavy atom. The number of rotatable bonds is 2. The second-order valence-corrected chi connectivity index (χ2v) is 8.76. The molecule has 1 amide bonds. The first-order valence-electron chi connectivity index (χ1n) is 10.9. The smallest absolute Gasteiger partial charge is 0.219 e. The summed E-state index contributed by atoms with van der Waals surface area (Å²) in [4.78, 5) is 13.8. The number of hydrazine groups is 1. The highest BCUT2D eigenvalue weighted by molar-refractivity contribution is 5.73. The van der Waals surface area contributed by atoms with Crippen LogP contribution in [0.25, 0.3) is 5.70 Å². The molecule has 3 aliphatic heterocycles. The fraction of sp³-hybridized carbons (Fsp3) is 0.400. The van der Waals surface area contributed by atoms with Gasteiger partial charge < -0.3 is 19.8 Å². The first-order chi connectivity index (χ1) is 14.9. The minimum absolute atomic E-state index is 0.0256. The van der Waals surface area contributed by atoms with Crippen LogP contribution in [0.1, 0.15) is 48.1 Å². The maximum Gasteiger partial charge on any atom is 0.219 e. The van der Waals surface area contributed by atoms with Crippen LogP contribution in [-0.2, 0) is 4.79 Å². The van der Waals surface area contributed by atoms with Crippen molar-refractivity contribution in [3.05, 3.63) is 64.7 Å². The van der Waals surface area contributed by atoms with Gasteiger partial charge in [0.2, 0.25) is 5.91 Å². The average Bonchev–Trinajstić information content (AvgIpc) is 3.22. The minimum Gasteiger partial charge on any atom is -0.493 e. The molecule has 0 aliphatic carbocycles. The molecule has 3 aliphatic rings. The molecule has 3 heterocycles. The number of ether oxygens (including phenoxy) is 2. The molecule has 0 saturated carbocycles. The van der Waals surface area contributed by atoms with Crippen molar-refractivity contribution in [2.24, 2.45) is 0 Å². The lowest BCUT2D eigenvalue weighted by Crippen LogP contribution is -2.64. The van der Waals surface area contributed by atoms with Gasteiger partial charge in [-0.2, -0.15) is 5.01 Å². The maximum absolute atomic E-state index is 11.9. The molecule has 2 aromatic carbocycles. The van der Waals surface area contributed by atoms with E-state index in [0.717, 1.165) is 35.6 Å². The summed E-state index contributed by atoms with van der Waals surface area (Å²) >= 11 is 0. The molecular formula is C25H29N3O3. The van der Waals surface area contributed by atoms with Crippen molar-refractivity contribution in [1.82, 2.24) is 15.3 Å². The van der Waals surface area contributed by atoms with Crippen LogP contribution >= 0.6 is 0 Å². The van der Waals surface area contributed by atoms with Crippen LogP contribution in [0.2, 0.25) is 0 Å². The third-order valence-electron chi connectivity index (χ3n) is 6.80. The lowest BCUT2D eigenvalue weighted by atomic mass is 9.92. The van der Waals surface area contributed by atoms with Crippen molar-refractivity contribution < 1.29 is 14.3 Å². The molecule has 1 atom stereocenters. The van der Waals surface area contributed by atoms with Crippen LogP contribution in [0.3, 0.4) is 0 Å². The summed E-state index contributed by atoms with van der Waals surface area (Å²) in [5, 5.41) is 2.25. The van der Waals surface area contributed by atoms with Gasteiger partial charge in [-0.25, -0.2) is 0 Å². The van der Waals surface area contributed by atoms with Gasteiger partial charge in [0, 0.05) is 44.0 Å². The maximum atomic E-state index is 11.9. The minimum atomic E-state index is -0.547. The number of carbonyl (C=O) groups is 1. The zero-order valence-electron chi connectivity index (χ0n) is 18.6. The number of piperidine rings is 1. The van der Waals surface area contributed by atoms with Crippen molar-refractivity contribution in [2.45, 2.75) is 45.4 Å². The highest BCUT2D eigenvalue weighted by atomic mass is 16.5. The van der Waals surface area contributed by atoms with E-state index in [1.807, 2.05) is 17.0 Å². The van der Waals surface area contributed by atoms with E-state index in [-0.39, 0.29) is 11.9 Å². The summed E-state index contributed by atoms with van der Waals surface area (Å²) in [6.45, 7) is 7.24. The van der Waals surface area contributed by atoms with E-state index in [2.05, 4.69) is 54.6 Å². The topological polar surface area (TPSA) is 54.0 Å². The van der Waals surface area contributed by atoms with Gasteiger partial charge in [-0.05, 0) is 37.6 Å². The Kier molecular flexibility index (Phi) is 4.70. The number of methoxy groups -OCH3 is 1. The molecular weight excluding hydrogens is 390 g/mol. The fourth-order valence-corrected chi connectivity index (χ4v) is 5.02. The summed E-state index contributed by atoms with van der Waals surface area (Å²) < 4.78 is 12.4. The Bertz CT molecular complexity index is 1070. The van der Waals surface area contributed by atoms with E-state index in [1.165, 1.54) is 16.7 Å². The van der Waals surface area contributed by atoms with E-state index < -0.39 is 5.72 Å². The van der Waals surface area contributed by atoms with E-state index in [9.17, 15) is 4.79 Å². The third-order valence-corrected chi connectivity index (χ3v) is 6.80. The molecule has 6 nitrogen and oxygen atoms in total. The molecule has 1 N–H and O–H groups in total. The second-order valence-electron chi connectivity index (χ2n) is 8.76. The van der Waals surface area contributed by atoms with Gasteiger partial charge in [0.05, 0.1) is 18.8 Å². The molecule has 31 heavy (non-hydrogen) atoms. The number of carbonyl (C=O) groups excluding carboxylic acids is 1. The number of hydrogen-bond donors (Lipinski definition) is 1. The van der Waals surface area contributed by atoms with Crippen molar-refractivity contribution in [2.75, 3.05) is 20.2 Å². The van der Waals surface area contributed by atoms with Crippen LogP contribution < -0.4 is 14.9 Å². The van der Waals surface area contributed by atoms with Gasteiger partial charge in [0.15, 0.2) is 17.2 Å². The van der Waals surface area contributed by atoms with Gasteiger partial charge in [-0.15, -0.1) is 0 Å². The average molecular weight is 420 g/mol. The Morgan fingerprint density at radius 3 is 2.68 bits per heavy atom. The standard InChI is InChI=1S/C25H29N3O3/c1-16-8-9-17(2)20(14-16)21-15-22-19-6-5-7-23(30-4)24(19)31-25(28(22)26-21)10-12-27(13-11-25)18(3)29/h5-9,14-15,22,26H,10-13H2,1-4H3/t22-/m1/s1. The molecule has 1 fully saturated rings. The normalized spacial score (nSPS) is 21.6. The molecule has 1 saturated heterocycles. The number of amides is 1. The van der Waals surface area contributed by atoms with Gasteiger partial charge in [-0.3, -0.25) is 4.79 Å². The largest absolute Gasteiger partial charge is 0.493 e. The molecule has 0 radical (unpaired) electrons. The first kappa shape index (κ1) is 19.9. The summed E-state index contributed by atoms with van der Waals surface area (Å²) in [6, 6.07) is 12.6. The zero-order chi connectivity index (χ0) is 21.8. The second kappa shape index (κ2) is 7.31. The Balaban J connectivity index is 1.59. The predicted octanol–water partition coefficient (Wildman–Crippen LogP) is 3.95. The molecule has 5 rings (SSSR count). The number of nitrogens with one attached hydrogen (secondary N) is 1. The quantitative estimate of drug-likeness (QED) is 0.799. The van der Waals surface area contributed by atoms with Crippen LogP contribution in [0, 0.1) is 13.8 Å². The van der Waals surface area contributed by atoms with Gasteiger partial charge >= 0.3 is 0 Å². The summed E-state index contributed by atoms with van der Waals surface area (Å²) in [5.74, 6) is 1.67. The van der Waals surface area contributed by atoms with E-state index in [0.29, 0.717) is 13.1 Å².